The van der Waals surface area contributed by atoms with Crippen molar-refractivity contribution in [3.8, 4) is 0 Å². The van der Waals surface area contributed by atoms with Crippen molar-refractivity contribution in [1.29, 1.82) is 0 Å². The zero-order chi connectivity index (χ0) is 14.0. The van der Waals surface area contributed by atoms with Crippen LogP contribution in [0.5, 0.6) is 0 Å². The summed E-state index contributed by atoms with van der Waals surface area (Å²) in [5.41, 5.74) is 2.51. The molecule has 1 N–H and O–H groups in total. The van der Waals surface area contributed by atoms with Crippen LogP contribution in [0.2, 0.25) is 0 Å². The molecule has 106 valence electrons. The van der Waals surface area contributed by atoms with Gasteiger partial charge in [-0.1, -0.05) is 27.7 Å². The molecule has 19 heavy (non-hydrogen) atoms. The van der Waals surface area contributed by atoms with Gasteiger partial charge in [0, 0.05) is 31.4 Å². The maximum absolute atomic E-state index is 4.36. The molecular weight excluding hydrogens is 234 g/mol. The normalized spacial score (nSPS) is 24.3. The second-order valence-corrected chi connectivity index (χ2v) is 6.44. The molecule has 1 aliphatic rings. The van der Waals surface area contributed by atoms with Crippen LogP contribution in [0.15, 0.2) is 18.5 Å². The summed E-state index contributed by atoms with van der Waals surface area (Å²) in [6.45, 7) is 13.4. The van der Waals surface area contributed by atoms with Gasteiger partial charge in [0.2, 0.25) is 0 Å². The number of nitrogens with zero attached hydrogens (tertiary/aromatic N) is 2. The Bertz CT molecular complexity index is 414. The molecule has 2 rings (SSSR count). The molecule has 3 nitrogen and oxygen atoms in total. The minimum atomic E-state index is 0.554. The lowest BCUT2D eigenvalue weighted by atomic mass is 9.94. The lowest BCUT2D eigenvalue weighted by Crippen LogP contribution is -2.60. The number of aryl methyl sites for hydroxylation is 1. The lowest BCUT2D eigenvalue weighted by Gasteiger charge is -2.45. The molecule has 1 aromatic rings. The van der Waals surface area contributed by atoms with Crippen molar-refractivity contribution in [3.63, 3.8) is 0 Å². The van der Waals surface area contributed by atoms with Crippen LogP contribution in [0.1, 0.15) is 33.3 Å². The van der Waals surface area contributed by atoms with Crippen molar-refractivity contribution < 1.29 is 0 Å². The molecule has 0 aromatic carbocycles. The van der Waals surface area contributed by atoms with Gasteiger partial charge in [-0.05, 0) is 30.4 Å². The van der Waals surface area contributed by atoms with Crippen LogP contribution in [0.3, 0.4) is 0 Å². The average molecular weight is 261 g/mol. The summed E-state index contributed by atoms with van der Waals surface area (Å²) in [5.74, 6) is 1.30. The summed E-state index contributed by atoms with van der Waals surface area (Å²) in [5, 5.41) is 3.70. The number of rotatable bonds is 3. The van der Waals surface area contributed by atoms with E-state index in [0.717, 1.165) is 13.1 Å². The summed E-state index contributed by atoms with van der Waals surface area (Å²) >= 11 is 0. The predicted molar refractivity (Wildman–Crippen MR) is 81.6 cm³/mol. The van der Waals surface area contributed by atoms with Gasteiger partial charge < -0.3 is 10.2 Å². The molecule has 1 fully saturated rings. The summed E-state index contributed by atoms with van der Waals surface area (Å²) in [4.78, 5) is 6.91. The highest BCUT2D eigenvalue weighted by Gasteiger charge is 2.31. The van der Waals surface area contributed by atoms with Crippen LogP contribution in [0.25, 0.3) is 0 Å². The van der Waals surface area contributed by atoms with Crippen molar-refractivity contribution in [2.75, 3.05) is 18.0 Å². The zero-order valence-electron chi connectivity index (χ0n) is 12.9. The Morgan fingerprint density at radius 1 is 1.21 bits per heavy atom. The number of anilines is 1. The van der Waals surface area contributed by atoms with Crippen LogP contribution < -0.4 is 10.2 Å². The van der Waals surface area contributed by atoms with Gasteiger partial charge >= 0.3 is 0 Å². The van der Waals surface area contributed by atoms with Gasteiger partial charge in [-0.25, -0.2) is 0 Å². The number of pyridine rings is 1. The Hall–Kier alpha value is -1.09. The molecule has 0 radical (unpaired) electrons. The van der Waals surface area contributed by atoms with Crippen molar-refractivity contribution in [2.45, 2.75) is 46.7 Å². The third-order valence-electron chi connectivity index (χ3n) is 4.15. The fourth-order valence-corrected chi connectivity index (χ4v) is 2.83. The van der Waals surface area contributed by atoms with Gasteiger partial charge in [-0.2, -0.15) is 0 Å². The molecule has 3 heteroatoms. The smallest absolute Gasteiger partial charge is 0.0558 e. The molecule has 2 atom stereocenters. The summed E-state index contributed by atoms with van der Waals surface area (Å²) < 4.78 is 0. The first-order chi connectivity index (χ1) is 8.99. The molecule has 1 aromatic heterocycles. The number of hydrogen-bond donors (Lipinski definition) is 1. The van der Waals surface area contributed by atoms with E-state index in [2.05, 4.69) is 55.9 Å². The average Bonchev–Trinajstić information content (AvgIpc) is 2.37. The van der Waals surface area contributed by atoms with E-state index in [1.54, 1.807) is 0 Å². The van der Waals surface area contributed by atoms with E-state index in [1.165, 1.54) is 11.3 Å². The Labute approximate surface area is 117 Å². The quantitative estimate of drug-likeness (QED) is 0.907. The second-order valence-electron chi connectivity index (χ2n) is 6.44. The fourth-order valence-electron chi connectivity index (χ4n) is 2.83. The minimum Gasteiger partial charge on any atom is -0.364 e. The van der Waals surface area contributed by atoms with E-state index in [9.17, 15) is 0 Å². The number of aromatic nitrogens is 1. The molecule has 1 aliphatic heterocycles. The molecule has 0 amide bonds. The first-order valence-corrected chi connectivity index (χ1v) is 7.40. The van der Waals surface area contributed by atoms with Crippen molar-refractivity contribution >= 4 is 5.69 Å². The van der Waals surface area contributed by atoms with Gasteiger partial charge in [-0.15, -0.1) is 0 Å². The van der Waals surface area contributed by atoms with Crippen LogP contribution in [-0.2, 0) is 0 Å². The van der Waals surface area contributed by atoms with E-state index in [0.29, 0.717) is 23.9 Å². The topological polar surface area (TPSA) is 28.2 Å². The zero-order valence-corrected chi connectivity index (χ0v) is 12.9. The number of piperazine rings is 1. The second kappa shape index (κ2) is 5.91. The van der Waals surface area contributed by atoms with E-state index in [-0.39, 0.29) is 0 Å². The monoisotopic (exact) mass is 261 g/mol. The van der Waals surface area contributed by atoms with Crippen LogP contribution in [-0.4, -0.2) is 30.2 Å². The Morgan fingerprint density at radius 2 is 1.95 bits per heavy atom. The number of hydrogen-bond acceptors (Lipinski definition) is 3. The summed E-state index contributed by atoms with van der Waals surface area (Å²) in [6, 6.07) is 3.37. The molecule has 1 saturated heterocycles. The highest BCUT2D eigenvalue weighted by atomic mass is 15.2. The Kier molecular flexibility index (Phi) is 4.46. The first-order valence-electron chi connectivity index (χ1n) is 7.40. The molecule has 0 bridgehead atoms. The maximum atomic E-state index is 4.36. The largest absolute Gasteiger partial charge is 0.364 e. The van der Waals surface area contributed by atoms with Gasteiger partial charge in [0.05, 0.1) is 11.9 Å². The van der Waals surface area contributed by atoms with Gasteiger partial charge in [0.1, 0.15) is 0 Å². The standard InChI is InChI=1S/C16H27N3/c1-11(2)15-10-19(16(9-18-15)12(3)4)14-6-13(5)7-17-8-14/h6-8,11-12,15-16,18H,9-10H2,1-5H3. The third kappa shape index (κ3) is 3.27. The van der Waals surface area contributed by atoms with Gasteiger partial charge in [0.15, 0.2) is 0 Å². The molecule has 0 saturated carbocycles. The minimum absolute atomic E-state index is 0.554. The van der Waals surface area contributed by atoms with Gasteiger partial charge in [0.25, 0.3) is 0 Å². The van der Waals surface area contributed by atoms with E-state index < -0.39 is 0 Å². The van der Waals surface area contributed by atoms with Crippen molar-refractivity contribution in [2.24, 2.45) is 11.8 Å². The van der Waals surface area contributed by atoms with Crippen LogP contribution in [0.4, 0.5) is 5.69 Å². The summed E-state index contributed by atoms with van der Waals surface area (Å²) in [6.07, 6.45) is 3.93. The van der Waals surface area contributed by atoms with E-state index >= 15 is 0 Å². The Balaban J connectivity index is 2.25. The molecule has 0 aliphatic carbocycles. The SMILES string of the molecule is Cc1cncc(N2CC(C(C)C)NCC2C(C)C)c1. The highest BCUT2D eigenvalue weighted by Crippen LogP contribution is 2.25. The van der Waals surface area contributed by atoms with Crippen LogP contribution >= 0.6 is 0 Å². The lowest BCUT2D eigenvalue weighted by molar-refractivity contribution is 0.295. The molecule has 2 unspecified atom stereocenters. The Morgan fingerprint density at radius 3 is 2.53 bits per heavy atom. The van der Waals surface area contributed by atoms with Gasteiger partial charge in [-0.3, -0.25) is 4.98 Å². The van der Waals surface area contributed by atoms with Crippen LogP contribution in [0, 0.1) is 18.8 Å². The van der Waals surface area contributed by atoms with Crippen molar-refractivity contribution in [3.05, 3.63) is 24.0 Å². The van der Waals surface area contributed by atoms with Crippen molar-refractivity contribution in [1.82, 2.24) is 10.3 Å². The third-order valence-corrected chi connectivity index (χ3v) is 4.15. The predicted octanol–water partition coefficient (Wildman–Crippen LogP) is 2.85. The fraction of sp³-hybridized carbons (Fsp3) is 0.688. The molecular formula is C16H27N3. The van der Waals surface area contributed by atoms with E-state index in [1.807, 2.05) is 12.4 Å². The molecule has 0 spiro atoms. The first kappa shape index (κ1) is 14.3. The number of nitrogens with one attached hydrogen (secondary N) is 1. The maximum Gasteiger partial charge on any atom is 0.0558 e. The van der Waals surface area contributed by atoms with E-state index in [4.69, 9.17) is 0 Å². The molecule has 2 heterocycles. The highest BCUT2D eigenvalue weighted by molar-refractivity contribution is 5.48. The summed E-state index contributed by atoms with van der Waals surface area (Å²) in [7, 11) is 0.